The van der Waals surface area contributed by atoms with Crippen molar-refractivity contribution in [3.63, 3.8) is 0 Å². The minimum Gasteiger partial charge on any atom is -0.497 e. The molecule has 4 rings (SSSR count). The Hall–Kier alpha value is -2.83. The second-order valence-electron chi connectivity index (χ2n) is 6.25. The molecule has 0 bridgehead atoms. The van der Waals surface area contributed by atoms with Gasteiger partial charge in [0.1, 0.15) is 11.5 Å². The number of hydrogen-bond acceptors (Lipinski definition) is 4. The molecule has 0 aliphatic heterocycles. The molecule has 0 amide bonds. The first kappa shape index (κ1) is 15.7. The van der Waals surface area contributed by atoms with E-state index in [2.05, 4.69) is 4.98 Å². The number of benzene rings is 1. The van der Waals surface area contributed by atoms with Crippen LogP contribution in [0.3, 0.4) is 0 Å². The monoisotopic (exact) mass is 343 g/mol. The van der Waals surface area contributed by atoms with E-state index in [9.17, 15) is 9.28 Å². The molecule has 130 valence electrons. The van der Waals surface area contributed by atoms with Gasteiger partial charge >= 0.3 is 5.69 Å². The summed E-state index contributed by atoms with van der Waals surface area (Å²) in [6.45, 7) is 0.525. The number of rotatable bonds is 5. The van der Waals surface area contributed by atoms with E-state index in [0.717, 1.165) is 24.0 Å². The van der Waals surface area contributed by atoms with Crippen molar-refractivity contribution < 1.29 is 14.0 Å². The summed E-state index contributed by atoms with van der Waals surface area (Å²) < 4.78 is 26.3. The number of aromatic nitrogens is 3. The maximum absolute atomic E-state index is 14.1. The van der Waals surface area contributed by atoms with E-state index in [4.69, 9.17) is 9.47 Å². The van der Waals surface area contributed by atoms with Crippen LogP contribution in [0.15, 0.2) is 35.3 Å². The van der Waals surface area contributed by atoms with Gasteiger partial charge in [0, 0.05) is 29.9 Å². The predicted molar refractivity (Wildman–Crippen MR) is 91.8 cm³/mol. The zero-order valence-corrected chi connectivity index (χ0v) is 14.0. The minimum absolute atomic E-state index is 0.0434. The van der Waals surface area contributed by atoms with E-state index in [1.54, 1.807) is 32.5 Å². The molecule has 1 aromatic carbocycles. The van der Waals surface area contributed by atoms with Crippen LogP contribution in [0.5, 0.6) is 11.5 Å². The molecule has 7 heteroatoms. The van der Waals surface area contributed by atoms with Gasteiger partial charge in [0.05, 0.1) is 19.7 Å². The van der Waals surface area contributed by atoms with Crippen molar-refractivity contribution in [3.05, 3.63) is 40.9 Å². The molecule has 1 saturated carbocycles. The second-order valence-corrected chi connectivity index (χ2v) is 6.25. The fourth-order valence-corrected chi connectivity index (χ4v) is 3.01. The molecule has 0 spiro atoms. The Morgan fingerprint density at radius 1 is 1.24 bits per heavy atom. The first-order valence-corrected chi connectivity index (χ1v) is 8.12. The smallest absolute Gasteiger partial charge is 0.359 e. The number of imidazole rings is 1. The number of pyridine rings is 1. The van der Waals surface area contributed by atoms with Crippen LogP contribution >= 0.6 is 0 Å². The summed E-state index contributed by atoms with van der Waals surface area (Å²) in [5, 5.41) is 0. The minimum atomic E-state index is -0.673. The highest BCUT2D eigenvalue weighted by Crippen LogP contribution is 2.35. The normalized spacial score (nSPS) is 14.0. The molecule has 25 heavy (non-hydrogen) atoms. The molecule has 1 aliphatic rings. The number of methoxy groups -OCH3 is 2. The molecule has 0 atom stereocenters. The van der Waals surface area contributed by atoms with Crippen LogP contribution in [-0.2, 0) is 6.54 Å². The molecule has 3 aromatic rings. The molecular weight excluding hydrogens is 325 g/mol. The Kier molecular flexibility index (Phi) is 3.71. The third-order valence-electron chi connectivity index (χ3n) is 4.58. The van der Waals surface area contributed by atoms with Crippen LogP contribution in [0.2, 0.25) is 0 Å². The van der Waals surface area contributed by atoms with Crippen molar-refractivity contribution >= 4 is 11.2 Å². The van der Waals surface area contributed by atoms with Gasteiger partial charge in [0.2, 0.25) is 0 Å². The van der Waals surface area contributed by atoms with Gasteiger partial charge in [-0.3, -0.25) is 4.57 Å². The van der Waals surface area contributed by atoms with Gasteiger partial charge in [-0.05, 0) is 37.0 Å². The Morgan fingerprint density at radius 3 is 2.72 bits per heavy atom. The highest BCUT2D eigenvalue weighted by atomic mass is 19.2. The van der Waals surface area contributed by atoms with Gasteiger partial charge in [-0.1, -0.05) is 4.48 Å². The lowest BCUT2D eigenvalue weighted by atomic mass is 10.1. The Labute approximate surface area is 143 Å². The molecule has 0 radical (unpaired) electrons. The summed E-state index contributed by atoms with van der Waals surface area (Å²) in [4.78, 5) is 16.5. The Morgan fingerprint density at radius 2 is 2.04 bits per heavy atom. The van der Waals surface area contributed by atoms with Crippen LogP contribution in [-0.4, -0.2) is 28.6 Å². The molecule has 6 nitrogen and oxygen atoms in total. The maximum Gasteiger partial charge on any atom is 0.359 e. The lowest BCUT2D eigenvalue weighted by Crippen LogP contribution is -2.21. The third-order valence-corrected chi connectivity index (χ3v) is 4.58. The molecule has 2 heterocycles. The van der Waals surface area contributed by atoms with E-state index in [1.165, 1.54) is 4.57 Å². The van der Waals surface area contributed by atoms with Crippen molar-refractivity contribution in [1.29, 1.82) is 0 Å². The fraction of sp³-hybridized carbons (Fsp3) is 0.333. The lowest BCUT2D eigenvalue weighted by molar-refractivity contribution is 0.356. The van der Waals surface area contributed by atoms with Crippen molar-refractivity contribution in [2.24, 2.45) is 5.92 Å². The van der Waals surface area contributed by atoms with Gasteiger partial charge in [-0.2, -0.15) is 0 Å². The summed E-state index contributed by atoms with van der Waals surface area (Å²) in [7, 11) is 3.16. The molecule has 0 unspecified atom stereocenters. The molecule has 0 N–H and O–H groups in total. The molecule has 1 fully saturated rings. The Balaban J connectivity index is 1.87. The predicted octanol–water partition coefficient (Wildman–Crippen LogP) is 3.02. The lowest BCUT2D eigenvalue weighted by Gasteiger charge is -2.11. The highest BCUT2D eigenvalue weighted by Gasteiger charge is 2.25. The first-order valence-electron chi connectivity index (χ1n) is 8.12. The van der Waals surface area contributed by atoms with Gasteiger partial charge in [0.15, 0.2) is 5.65 Å². The Bertz CT molecular complexity index is 1000. The van der Waals surface area contributed by atoms with Crippen molar-refractivity contribution in [2.75, 3.05) is 14.2 Å². The number of halogens is 1. The third kappa shape index (κ3) is 2.65. The summed E-state index contributed by atoms with van der Waals surface area (Å²) in [5.41, 5.74) is 1.42. The molecule has 1 aliphatic carbocycles. The second kappa shape index (κ2) is 5.91. The summed E-state index contributed by atoms with van der Waals surface area (Å²) in [6.07, 6.45) is 3.69. The zero-order chi connectivity index (χ0) is 17.6. The van der Waals surface area contributed by atoms with E-state index in [0.29, 0.717) is 29.5 Å². The average molecular weight is 343 g/mol. The van der Waals surface area contributed by atoms with Gasteiger partial charge in [-0.25, -0.2) is 9.78 Å². The van der Waals surface area contributed by atoms with Crippen LogP contribution in [0.25, 0.3) is 22.3 Å². The van der Waals surface area contributed by atoms with Crippen LogP contribution in [0, 0.1) is 5.92 Å². The van der Waals surface area contributed by atoms with Gasteiger partial charge in [-0.15, -0.1) is 4.79 Å². The molecule has 0 saturated heterocycles. The maximum atomic E-state index is 14.1. The quantitative estimate of drug-likeness (QED) is 0.714. The fourth-order valence-electron chi connectivity index (χ4n) is 3.01. The van der Waals surface area contributed by atoms with Crippen molar-refractivity contribution in [1.82, 2.24) is 14.3 Å². The van der Waals surface area contributed by atoms with E-state index < -0.39 is 5.69 Å². The molecular formula is C18H18FN3O3. The highest BCUT2D eigenvalue weighted by molar-refractivity contribution is 5.81. The number of ether oxygens (including phenoxy) is 2. The van der Waals surface area contributed by atoms with Crippen molar-refractivity contribution in [3.8, 4) is 22.6 Å². The average Bonchev–Trinajstić information content (AvgIpc) is 3.44. The largest absolute Gasteiger partial charge is 0.497 e. The number of nitrogens with zero attached hydrogens (tertiary/aromatic N) is 3. The van der Waals surface area contributed by atoms with Crippen LogP contribution < -0.4 is 15.2 Å². The zero-order valence-electron chi connectivity index (χ0n) is 14.0. The summed E-state index contributed by atoms with van der Waals surface area (Å²) >= 11 is 0. The molecule has 2 aromatic heterocycles. The first-order chi connectivity index (χ1) is 12.1. The van der Waals surface area contributed by atoms with Gasteiger partial charge < -0.3 is 9.47 Å². The standard InChI is InChI=1S/C18H18FN3O3/c1-24-13-5-6-14(16(8-13)25-2)12-7-15-17(20-9-12)22(19)18(23)21(15)10-11-3-4-11/h5-9,11H,3-4,10H2,1-2H3. The van der Waals surface area contributed by atoms with Crippen LogP contribution in [0.1, 0.15) is 12.8 Å². The SMILES string of the molecule is COc1ccc(-c2cnc3c(c2)n(CC2CC2)c(=O)n3F)c(OC)c1. The van der Waals surface area contributed by atoms with Gasteiger partial charge in [0.25, 0.3) is 0 Å². The van der Waals surface area contributed by atoms with E-state index in [1.807, 2.05) is 12.1 Å². The summed E-state index contributed by atoms with van der Waals surface area (Å²) in [5.74, 6) is 1.74. The number of fused-ring (bicyclic) bond motifs is 1. The van der Waals surface area contributed by atoms with Crippen molar-refractivity contribution in [2.45, 2.75) is 19.4 Å². The topological polar surface area (TPSA) is 58.3 Å². The van der Waals surface area contributed by atoms with Crippen LogP contribution in [0.4, 0.5) is 4.48 Å². The summed E-state index contributed by atoms with van der Waals surface area (Å²) in [6, 6.07) is 7.24. The van der Waals surface area contributed by atoms with E-state index in [-0.39, 0.29) is 10.4 Å². The number of hydrogen-bond donors (Lipinski definition) is 0. The van der Waals surface area contributed by atoms with E-state index >= 15 is 0 Å².